The van der Waals surface area contributed by atoms with Crippen molar-refractivity contribution in [2.45, 2.75) is 20.8 Å². The van der Waals surface area contributed by atoms with Gasteiger partial charge in [0, 0.05) is 4.88 Å². The fourth-order valence-electron chi connectivity index (χ4n) is 2.12. The third-order valence-corrected chi connectivity index (χ3v) is 4.51. The van der Waals surface area contributed by atoms with Crippen molar-refractivity contribution < 1.29 is 9.53 Å². The molecule has 0 fully saturated rings. The van der Waals surface area contributed by atoms with Crippen LogP contribution in [0.3, 0.4) is 0 Å². The normalized spacial score (nSPS) is 10.0. The second-order valence-corrected chi connectivity index (χ2v) is 5.93. The van der Waals surface area contributed by atoms with Gasteiger partial charge in [-0.2, -0.15) is 5.26 Å². The Bertz CT molecular complexity index is 741. The van der Waals surface area contributed by atoms with Crippen molar-refractivity contribution in [3.05, 3.63) is 45.3 Å². The molecule has 0 atom stereocenters. The zero-order chi connectivity index (χ0) is 15.6. The number of para-hydroxylation sites is 1. The van der Waals surface area contributed by atoms with Gasteiger partial charge in [0.1, 0.15) is 16.8 Å². The molecule has 1 heterocycles. The van der Waals surface area contributed by atoms with Crippen LogP contribution >= 0.6 is 11.3 Å². The van der Waals surface area contributed by atoms with Gasteiger partial charge in [-0.1, -0.05) is 12.1 Å². The number of anilines is 1. The number of hydrogen-bond donors (Lipinski definition) is 1. The summed E-state index contributed by atoms with van der Waals surface area (Å²) in [6, 6.07) is 7.55. The molecule has 2 rings (SSSR count). The zero-order valence-corrected chi connectivity index (χ0v) is 13.2. The van der Waals surface area contributed by atoms with E-state index in [4.69, 9.17) is 4.74 Å². The van der Waals surface area contributed by atoms with Crippen molar-refractivity contribution in [3.63, 3.8) is 0 Å². The minimum atomic E-state index is -0.270. The molecular formula is C16H16N2O2S. The molecule has 0 unspecified atom stereocenters. The first-order valence-corrected chi connectivity index (χ1v) is 7.26. The Hall–Kier alpha value is -2.32. The maximum Gasteiger partial charge on any atom is 0.260 e. The summed E-state index contributed by atoms with van der Waals surface area (Å²) in [4.78, 5) is 13.5. The highest BCUT2D eigenvalue weighted by Crippen LogP contribution is 2.33. The van der Waals surface area contributed by atoms with Crippen LogP contribution in [0.1, 0.15) is 31.9 Å². The van der Waals surface area contributed by atoms with Crippen LogP contribution in [0.15, 0.2) is 18.2 Å². The quantitative estimate of drug-likeness (QED) is 0.937. The van der Waals surface area contributed by atoms with E-state index in [0.717, 1.165) is 16.0 Å². The van der Waals surface area contributed by atoms with E-state index in [1.54, 1.807) is 13.2 Å². The molecule has 4 nitrogen and oxygen atoms in total. The molecule has 0 saturated carbocycles. The molecule has 0 aliphatic rings. The second-order valence-electron chi connectivity index (χ2n) is 4.71. The lowest BCUT2D eigenvalue weighted by molar-refractivity contribution is 0.102. The monoisotopic (exact) mass is 300 g/mol. The number of carbonyl (C=O) groups excluding carboxylic acids is 1. The van der Waals surface area contributed by atoms with E-state index in [9.17, 15) is 10.1 Å². The topological polar surface area (TPSA) is 62.1 Å². The molecule has 21 heavy (non-hydrogen) atoms. The Labute approximate surface area is 128 Å². The number of carbonyl (C=O) groups is 1. The molecule has 1 amide bonds. The van der Waals surface area contributed by atoms with Gasteiger partial charge in [0.25, 0.3) is 5.91 Å². The number of methoxy groups -OCH3 is 1. The number of benzene rings is 1. The molecule has 1 aromatic carbocycles. The molecule has 1 aromatic heterocycles. The number of thiophene rings is 1. The van der Waals surface area contributed by atoms with Crippen molar-refractivity contribution in [1.82, 2.24) is 0 Å². The van der Waals surface area contributed by atoms with E-state index in [0.29, 0.717) is 21.9 Å². The number of rotatable bonds is 3. The summed E-state index contributed by atoms with van der Waals surface area (Å²) in [6.45, 7) is 5.70. The number of nitrogens with one attached hydrogen (secondary N) is 1. The maximum atomic E-state index is 12.4. The third kappa shape index (κ3) is 2.76. The average Bonchev–Trinajstić information content (AvgIpc) is 2.72. The molecule has 1 N–H and O–H groups in total. The summed E-state index contributed by atoms with van der Waals surface area (Å²) < 4.78 is 5.30. The largest absolute Gasteiger partial charge is 0.496 e. The van der Waals surface area contributed by atoms with Gasteiger partial charge in [-0.3, -0.25) is 4.79 Å². The van der Waals surface area contributed by atoms with Crippen LogP contribution in [-0.4, -0.2) is 13.0 Å². The fraction of sp³-hybridized carbons (Fsp3) is 0.250. The van der Waals surface area contributed by atoms with E-state index >= 15 is 0 Å². The number of nitrogens with zero attached hydrogens (tertiary/aromatic N) is 1. The Balaban J connectivity index is 2.38. The van der Waals surface area contributed by atoms with Crippen molar-refractivity contribution >= 4 is 22.2 Å². The summed E-state index contributed by atoms with van der Waals surface area (Å²) in [5.41, 5.74) is 2.79. The molecule has 2 aromatic rings. The number of amides is 1. The minimum absolute atomic E-state index is 0.270. The smallest absolute Gasteiger partial charge is 0.260 e. The van der Waals surface area contributed by atoms with E-state index in [1.807, 2.05) is 32.9 Å². The summed E-state index contributed by atoms with van der Waals surface area (Å²) in [7, 11) is 1.54. The van der Waals surface area contributed by atoms with Crippen LogP contribution in [0.25, 0.3) is 0 Å². The van der Waals surface area contributed by atoms with Crippen LogP contribution in [0.5, 0.6) is 5.75 Å². The van der Waals surface area contributed by atoms with Crippen molar-refractivity contribution in [1.29, 1.82) is 5.26 Å². The first kappa shape index (κ1) is 15.1. The predicted octanol–water partition coefficient (Wildman–Crippen LogP) is 3.81. The Kier molecular flexibility index (Phi) is 4.29. The molecule has 0 bridgehead atoms. The van der Waals surface area contributed by atoms with Gasteiger partial charge in [0.05, 0.1) is 18.2 Å². The second kappa shape index (κ2) is 5.98. The SMILES string of the molecule is COc1c(C)cccc1C(=O)Nc1sc(C)c(C)c1C#N. The Morgan fingerprint density at radius 3 is 2.67 bits per heavy atom. The third-order valence-electron chi connectivity index (χ3n) is 3.38. The summed E-state index contributed by atoms with van der Waals surface area (Å²) >= 11 is 1.41. The van der Waals surface area contributed by atoms with E-state index in [-0.39, 0.29) is 5.91 Å². The van der Waals surface area contributed by atoms with Gasteiger partial charge < -0.3 is 10.1 Å². The molecule has 0 aliphatic heterocycles. The predicted molar refractivity (Wildman–Crippen MR) is 84.2 cm³/mol. The number of hydrogen-bond acceptors (Lipinski definition) is 4. The molecule has 0 saturated heterocycles. The number of aryl methyl sites for hydroxylation is 2. The molecule has 0 aliphatic carbocycles. The summed E-state index contributed by atoms with van der Waals surface area (Å²) in [6.07, 6.45) is 0. The van der Waals surface area contributed by atoms with Crippen LogP contribution in [0, 0.1) is 32.1 Å². The summed E-state index contributed by atoms with van der Waals surface area (Å²) in [5, 5.41) is 12.6. The molecule has 0 spiro atoms. The van der Waals surface area contributed by atoms with Gasteiger partial charge >= 0.3 is 0 Å². The van der Waals surface area contributed by atoms with Crippen LogP contribution in [-0.2, 0) is 0 Å². The number of nitriles is 1. The van der Waals surface area contributed by atoms with Gasteiger partial charge in [-0.25, -0.2) is 0 Å². The first-order chi connectivity index (χ1) is 9.99. The average molecular weight is 300 g/mol. The standard InChI is InChI=1S/C16H16N2O2S/c1-9-6-5-7-12(14(9)20-4)15(19)18-16-13(8-17)10(2)11(3)21-16/h5-7H,1-4H3,(H,18,19). The molecule has 5 heteroatoms. The minimum Gasteiger partial charge on any atom is -0.496 e. The zero-order valence-electron chi connectivity index (χ0n) is 12.4. The van der Waals surface area contributed by atoms with E-state index in [2.05, 4.69) is 11.4 Å². The molecular weight excluding hydrogens is 284 g/mol. The van der Waals surface area contributed by atoms with E-state index < -0.39 is 0 Å². The van der Waals surface area contributed by atoms with Crippen molar-refractivity contribution in [3.8, 4) is 11.8 Å². The highest BCUT2D eigenvalue weighted by molar-refractivity contribution is 7.16. The first-order valence-electron chi connectivity index (χ1n) is 6.44. The van der Waals surface area contributed by atoms with E-state index in [1.165, 1.54) is 11.3 Å². The number of ether oxygens (including phenoxy) is 1. The lowest BCUT2D eigenvalue weighted by Gasteiger charge is -2.10. The fourth-order valence-corrected chi connectivity index (χ4v) is 3.13. The van der Waals surface area contributed by atoms with Gasteiger partial charge in [0.15, 0.2) is 0 Å². The van der Waals surface area contributed by atoms with Crippen LogP contribution in [0.4, 0.5) is 5.00 Å². The van der Waals surface area contributed by atoms with Gasteiger partial charge in [0.2, 0.25) is 0 Å². The lowest BCUT2D eigenvalue weighted by Crippen LogP contribution is -2.13. The molecule has 108 valence electrons. The highest BCUT2D eigenvalue weighted by Gasteiger charge is 2.18. The van der Waals surface area contributed by atoms with Crippen molar-refractivity contribution in [2.24, 2.45) is 0 Å². The highest BCUT2D eigenvalue weighted by atomic mass is 32.1. The van der Waals surface area contributed by atoms with Crippen molar-refractivity contribution in [2.75, 3.05) is 12.4 Å². The Morgan fingerprint density at radius 2 is 2.05 bits per heavy atom. The maximum absolute atomic E-state index is 12.4. The summed E-state index contributed by atoms with van der Waals surface area (Å²) in [5.74, 6) is 0.284. The van der Waals surface area contributed by atoms with Gasteiger partial charge in [-0.05, 0) is 38.0 Å². The lowest BCUT2D eigenvalue weighted by atomic mass is 10.1. The van der Waals surface area contributed by atoms with Crippen LogP contribution in [0.2, 0.25) is 0 Å². The van der Waals surface area contributed by atoms with Crippen LogP contribution < -0.4 is 10.1 Å². The van der Waals surface area contributed by atoms with Gasteiger partial charge in [-0.15, -0.1) is 11.3 Å². The Morgan fingerprint density at radius 1 is 1.33 bits per heavy atom. The molecule has 0 radical (unpaired) electrons.